The molecule has 3 N–H and O–H groups in total. The number of amides is 2. The van der Waals surface area contributed by atoms with Crippen molar-refractivity contribution in [1.29, 1.82) is 0 Å². The fourth-order valence-electron chi connectivity index (χ4n) is 3.02. The summed E-state index contributed by atoms with van der Waals surface area (Å²) in [5.41, 5.74) is 1.82. The second kappa shape index (κ2) is 11.6. The lowest BCUT2D eigenvalue weighted by Crippen LogP contribution is -2.34. The first kappa shape index (κ1) is 24.4. The van der Waals surface area contributed by atoms with E-state index in [1.807, 2.05) is 6.92 Å². The highest BCUT2D eigenvalue weighted by molar-refractivity contribution is 7.80. The Balaban J connectivity index is 1.67. The lowest BCUT2D eigenvalue weighted by Gasteiger charge is -2.14. The average Bonchev–Trinajstić information content (AvgIpc) is 2.85. The number of rotatable bonds is 7. The van der Waals surface area contributed by atoms with Crippen LogP contribution in [0.3, 0.4) is 0 Å². The van der Waals surface area contributed by atoms with Crippen LogP contribution in [0.1, 0.15) is 38.0 Å². The lowest BCUT2D eigenvalue weighted by atomic mass is 10.1. The van der Waals surface area contributed by atoms with Gasteiger partial charge in [-0.05, 0) is 73.7 Å². The zero-order valence-corrected chi connectivity index (χ0v) is 19.4. The van der Waals surface area contributed by atoms with E-state index >= 15 is 0 Å². The van der Waals surface area contributed by atoms with Gasteiger partial charge in [0.1, 0.15) is 5.75 Å². The van der Waals surface area contributed by atoms with Crippen molar-refractivity contribution in [2.24, 2.45) is 0 Å². The first-order chi connectivity index (χ1) is 16.4. The van der Waals surface area contributed by atoms with Crippen LogP contribution in [0.25, 0.3) is 0 Å². The molecule has 2 amide bonds. The molecular formula is C25H23N3O5S. The van der Waals surface area contributed by atoms with Crippen LogP contribution in [0, 0.1) is 0 Å². The summed E-state index contributed by atoms with van der Waals surface area (Å²) in [6, 6.07) is 19.8. The van der Waals surface area contributed by atoms with Gasteiger partial charge in [-0.25, -0.2) is 4.79 Å². The van der Waals surface area contributed by atoms with Gasteiger partial charge in [0.25, 0.3) is 11.8 Å². The average molecular weight is 478 g/mol. The Kier molecular flexibility index (Phi) is 8.31. The Hall–Kier alpha value is -4.24. The zero-order valence-electron chi connectivity index (χ0n) is 18.6. The van der Waals surface area contributed by atoms with Crippen molar-refractivity contribution in [2.45, 2.75) is 6.92 Å². The van der Waals surface area contributed by atoms with Crippen molar-refractivity contribution in [1.82, 2.24) is 5.32 Å². The highest BCUT2D eigenvalue weighted by Crippen LogP contribution is 2.20. The maximum atomic E-state index is 12.8. The number of ether oxygens (including phenoxy) is 2. The summed E-state index contributed by atoms with van der Waals surface area (Å²) in [5.74, 6) is -0.713. The van der Waals surface area contributed by atoms with E-state index in [0.717, 1.165) is 0 Å². The number of anilines is 2. The SMILES string of the molecule is CCOc1ccc(NC(=O)c2ccccc2NC(=S)NC(=O)c2cccc(C(=O)OC)c2)cc1. The van der Waals surface area contributed by atoms with Crippen molar-refractivity contribution in [3.63, 3.8) is 0 Å². The number of esters is 1. The Morgan fingerprint density at radius 2 is 1.56 bits per heavy atom. The van der Waals surface area contributed by atoms with Crippen molar-refractivity contribution in [3.8, 4) is 5.75 Å². The summed E-state index contributed by atoms with van der Waals surface area (Å²) in [6.45, 7) is 2.45. The van der Waals surface area contributed by atoms with E-state index in [0.29, 0.717) is 29.3 Å². The molecule has 34 heavy (non-hydrogen) atoms. The van der Waals surface area contributed by atoms with Gasteiger partial charge in [0.05, 0.1) is 30.5 Å². The molecule has 0 spiro atoms. The van der Waals surface area contributed by atoms with Crippen LogP contribution in [0.15, 0.2) is 72.8 Å². The van der Waals surface area contributed by atoms with E-state index < -0.39 is 11.9 Å². The molecule has 0 saturated carbocycles. The summed E-state index contributed by atoms with van der Waals surface area (Å²) in [6.07, 6.45) is 0. The molecule has 3 rings (SSSR count). The van der Waals surface area contributed by atoms with Gasteiger partial charge >= 0.3 is 5.97 Å². The third-order valence-electron chi connectivity index (χ3n) is 4.62. The molecule has 9 heteroatoms. The second-order valence-corrected chi connectivity index (χ2v) is 7.35. The van der Waals surface area contributed by atoms with Gasteiger partial charge < -0.3 is 20.1 Å². The molecule has 0 unspecified atom stereocenters. The smallest absolute Gasteiger partial charge is 0.337 e. The van der Waals surface area contributed by atoms with Crippen LogP contribution in [0.4, 0.5) is 11.4 Å². The van der Waals surface area contributed by atoms with Crippen LogP contribution < -0.4 is 20.7 Å². The van der Waals surface area contributed by atoms with Crippen LogP contribution in [-0.2, 0) is 4.74 Å². The molecule has 8 nitrogen and oxygen atoms in total. The van der Waals surface area contributed by atoms with Gasteiger partial charge in [0, 0.05) is 11.3 Å². The number of carbonyl (C=O) groups excluding carboxylic acids is 3. The van der Waals surface area contributed by atoms with Crippen molar-refractivity contribution in [2.75, 3.05) is 24.4 Å². The number of carbonyl (C=O) groups is 3. The summed E-state index contributed by atoms with van der Waals surface area (Å²) in [4.78, 5) is 37.1. The number of methoxy groups -OCH3 is 1. The third kappa shape index (κ3) is 6.39. The standard InChI is InChI=1S/C25H23N3O5S/c1-3-33-19-13-11-18(12-14-19)26-23(30)20-9-4-5-10-21(20)27-25(34)28-22(29)16-7-6-8-17(15-16)24(31)32-2/h4-15H,3H2,1-2H3,(H,26,30)(H2,27,28,29,34). The molecule has 0 aliphatic heterocycles. The fraction of sp³-hybridized carbons (Fsp3) is 0.120. The molecule has 0 fully saturated rings. The summed E-state index contributed by atoms with van der Waals surface area (Å²) in [7, 11) is 1.26. The lowest BCUT2D eigenvalue weighted by molar-refractivity contribution is 0.0600. The molecule has 0 aliphatic rings. The first-order valence-electron chi connectivity index (χ1n) is 10.3. The Morgan fingerprint density at radius 3 is 2.26 bits per heavy atom. The quantitative estimate of drug-likeness (QED) is 0.345. The topological polar surface area (TPSA) is 106 Å². The summed E-state index contributed by atoms with van der Waals surface area (Å²) < 4.78 is 10.1. The Labute approximate surface area is 202 Å². The predicted octanol–water partition coefficient (Wildman–Crippen LogP) is 4.25. The van der Waals surface area contributed by atoms with E-state index in [2.05, 4.69) is 20.7 Å². The minimum atomic E-state index is -0.553. The molecule has 0 atom stereocenters. The molecule has 174 valence electrons. The fourth-order valence-corrected chi connectivity index (χ4v) is 3.23. The number of hydrogen-bond acceptors (Lipinski definition) is 6. The molecule has 0 heterocycles. The highest BCUT2D eigenvalue weighted by Gasteiger charge is 2.15. The van der Waals surface area contributed by atoms with E-state index in [-0.39, 0.29) is 22.1 Å². The van der Waals surface area contributed by atoms with Crippen LogP contribution >= 0.6 is 12.2 Å². The molecule has 0 saturated heterocycles. The number of hydrogen-bond donors (Lipinski definition) is 3. The van der Waals surface area contributed by atoms with E-state index in [4.69, 9.17) is 17.0 Å². The minimum Gasteiger partial charge on any atom is -0.494 e. The largest absolute Gasteiger partial charge is 0.494 e. The maximum absolute atomic E-state index is 12.8. The Bertz CT molecular complexity index is 1210. The molecule has 0 aromatic heterocycles. The normalized spacial score (nSPS) is 10.1. The van der Waals surface area contributed by atoms with Crippen LogP contribution in [0.2, 0.25) is 0 Å². The molecule has 0 bridgehead atoms. The predicted molar refractivity (Wildman–Crippen MR) is 133 cm³/mol. The van der Waals surface area contributed by atoms with Crippen molar-refractivity contribution in [3.05, 3.63) is 89.5 Å². The van der Waals surface area contributed by atoms with Crippen LogP contribution in [0.5, 0.6) is 5.75 Å². The molecular weight excluding hydrogens is 454 g/mol. The van der Waals surface area contributed by atoms with Gasteiger partial charge in [-0.15, -0.1) is 0 Å². The number of thiocarbonyl (C=S) groups is 1. The second-order valence-electron chi connectivity index (χ2n) is 6.94. The monoisotopic (exact) mass is 477 g/mol. The number of benzene rings is 3. The maximum Gasteiger partial charge on any atom is 0.337 e. The van der Waals surface area contributed by atoms with Crippen LogP contribution in [-0.4, -0.2) is 36.6 Å². The number of nitrogens with one attached hydrogen (secondary N) is 3. The van der Waals surface area contributed by atoms with E-state index in [9.17, 15) is 14.4 Å². The van der Waals surface area contributed by atoms with E-state index in [1.54, 1.807) is 66.7 Å². The van der Waals surface area contributed by atoms with Gasteiger partial charge in [-0.3, -0.25) is 14.9 Å². The van der Waals surface area contributed by atoms with Gasteiger partial charge in [0.15, 0.2) is 5.11 Å². The first-order valence-corrected chi connectivity index (χ1v) is 10.8. The third-order valence-corrected chi connectivity index (χ3v) is 4.82. The summed E-state index contributed by atoms with van der Waals surface area (Å²) in [5, 5.41) is 8.24. The molecule has 3 aromatic rings. The number of para-hydroxylation sites is 1. The van der Waals surface area contributed by atoms with Gasteiger partial charge in [0.2, 0.25) is 0 Å². The van der Waals surface area contributed by atoms with Gasteiger partial charge in [-0.1, -0.05) is 18.2 Å². The van der Waals surface area contributed by atoms with Gasteiger partial charge in [-0.2, -0.15) is 0 Å². The minimum absolute atomic E-state index is 0.00483. The summed E-state index contributed by atoms with van der Waals surface area (Å²) >= 11 is 5.25. The molecule has 0 radical (unpaired) electrons. The zero-order chi connectivity index (χ0) is 24.5. The van der Waals surface area contributed by atoms with Crippen molar-refractivity contribution < 1.29 is 23.9 Å². The van der Waals surface area contributed by atoms with Crippen molar-refractivity contribution >= 4 is 46.5 Å². The highest BCUT2D eigenvalue weighted by atomic mass is 32.1. The van der Waals surface area contributed by atoms with E-state index in [1.165, 1.54) is 13.2 Å². The Morgan fingerprint density at radius 1 is 0.853 bits per heavy atom. The molecule has 3 aromatic carbocycles. The molecule has 0 aliphatic carbocycles.